The van der Waals surface area contributed by atoms with E-state index < -0.39 is 18.1 Å². The van der Waals surface area contributed by atoms with Crippen molar-refractivity contribution in [3.05, 3.63) is 85.1 Å². The average Bonchev–Trinajstić information content (AvgIpc) is 3.21. The van der Waals surface area contributed by atoms with Gasteiger partial charge in [0.1, 0.15) is 12.6 Å². The molecule has 60 heavy (non-hydrogen) atoms. The Hall–Kier alpha value is -3.49. The smallest absolute Gasteiger partial charge is 0.306 e. The van der Waals surface area contributed by atoms with Crippen LogP contribution in [0.2, 0.25) is 0 Å². The van der Waals surface area contributed by atoms with Crippen molar-refractivity contribution < 1.29 is 38.2 Å². The Morgan fingerprint density at radius 3 is 1.45 bits per heavy atom. The first-order valence-electron chi connectivity index (χ1n) is 23.7. The molecule has 0 heterocycles. The maximum Gasteiger partial charge on any atom is 0.306 e. The molecule has 0 aliphatic rings. The van der Waals surface area contributed by atoms with Gasteiger partial charge in [-0.3, -0.25) is 9.59 Å². The molecule has 0 N–H and O–H groups in total. The van der Waals surface area contributed by atoms with Crippen molar-refractivity contribution in [3.8, 4) is 0 Å². The molecule has 0 amide bonds. The minimum absolute atomic E-state index is 0.0163. The predicted molar refractivity (Wildman–Crippen MR) is 249 cm³/mol. The van der Waals surface area contributed by atoms with E-state index >= 15 is 0 Å². The zero-order chi connectivity index (χ0) is 44.2. The fraction of sp³-hybridized carbons (Fsp3) is 0.673. The molecule has 2 unspecified atom stereocenters. The van der Waals surface area contributed by atoms with E-state index in [0.717, 1.165) is 44.9 Å². The van der Waals surface area contributed by atoms with Crippen LogP contribution in [0.3, 0.4) is 0 Å². The van der Waals surface area contributed by atoms with Crippen molar-refractivity contribution >= 4 is 17.9 Å². The van der Waals surface area contributed by atoms with Crippen LogP contribution >= 0.6 is 0 Å². The number of carboxylic acid groups (broad SMARTS) is 1. The van der Waals surface area contributed by atoms with Crippen LogP contribution in [-0.4, -0.2) is 75.5 Å². The standard InChI is InChI=1S/C52H87NO7/c1-6-8-10-12-14-16-18-20-22-24-25-27-28-30-32-34-36-38-40-42-50(54)59-47-48(46-58-45-44-49(52(56)57)53(3,4)5)60-51(55)43-41-39-37-35-33-31-29-26-23-21-19-17-15-13-11-9-7-2/h9,11,13,15,17,19,21,23-26,29,31,33,48-49H,6-8,10,12,14,16,18,20,22,27-28,30,32,34-47H2,1-5H3/b11-9+,15-13+,19-17+,23-21+,25-24+,29-26+,33-31+. The summed E-state index contributed by atoms with van der Waals surface area (Å²) in [4.78, 5) is 36.9. The molecule has 0 aromatic carbocycles. The van der Waals surface area contributed by atoms with E-state index in [9.17, 15) is 19.5 Å². The van der Waals surface area contributed by atoms with Crippen LogP contribution in [0.1, 0.15) is 174 Å². The summed E-state index contributed by atoms with van der Waals surface area (Å²) in [6, 6.07) is -0.740. The summed E-state index contributed by atoms with van der Waals surface area (Å²) in [6.07, 6.45) is 54.7. The quantitative estimate of drug-likeness (QED) is 0.0199. The van der Waals surface area contributed by atoms with Crippen LogP contribution < -0.4 is 5.11 Å². The Kier molecular flexibility index (Phi) is 39.8. The molecule has 0 saturated heterocycles. The molecule has 2 atom stereocenters. The molecule has 0 rings (SSSR count). The number of hydrogen-bond acceptors (Lipinski definition) is 7. The van der Waals surface area contributed by atoms with Gasteiger partial charge in [0.25, 0.3) is 0 Å². The van der Waals surface area contributed by atoms with E-state index in [-0.39, 0.29) is 49.1 Å². The molecule has 342 valence electrons. The molecule has 8 nitrogen and oxygen atoms in total. The molecule has 0 bridgehead atoms. The third-order valence-electron chi connectivity index (χ3n) is 10.2. The highest BCUT2D eigenvalue weighted by Crippen LogP contribution is 2.14. The molecular formula is C52H87NO7. The number of carbonyl (C=O) groups excluding carboxylic acids is 3. The Labute approximate surface area is 367 Å². The van der Waals surface area contributed by atoms with Crippen molar-refractivity contribution in [3.63, 3.8) is 0 Å². The van der Waals surface area contributed by atoms with E-state index in [1.807, 2.05) is 60.8 Å². The largest absolute Gasteiger partial charge is 0.544 e. The van der Waals surface area contributed by atoms with Gasteiger partial charge in [-0.05, 0) is 57.8 Å². The monoisotopic (exact) mass is 838 g/mol. The number of esters is 2. The van der Waals surface area contributed by atoms with E-state index in [1.165, 1.54) is 89.9 Å². The number of nitrogens with zero attached hydrogens (tertiary/aromatic N) is 1. The number of ether oxygens (including phenoxy) is 3. The Morgan fingerprint density at radius 1 is 0.517 bits per heavy atom. The third kappa shape index (κ3) is 39.9. The molecule has 8 heteroatoms. The van der Waals surface area contributed by atoms with E-state index in [0.29, 0.717) is 12.8 Å². The minimum atomic E-state index is -1.14. The van der Waals surface area contributed by atoms with Crippen LogP contribution in [-0.2, 0) is 28.6 Å². The number of unbranched alkanes of at least 4 members (excludes halogenated alkanes) is 18. The van der Waals surface area contributed by atoms with Gasteiger partial charge >= 0.3 is 11.9 Å². The van der Waals surface area contributed by atoms with Gasteiger partial charge in [0, 0.05) is 19.3 Å². The highest BCUT2D eigenvalue weighted by molar-refractivity contribution is 5.70. The zero-order valence-electron chi connectivity index (χ0n) is 38.8. The lowest BCUT2D eigenvalue weighted by Gasteiger charge is -2.34. The maximum atomic E-state index is 12.7. The van der Waals surface area contributed by atoms with Gasteiger partial charge in [0.2, 0.25) is 0 Å². The number of aliphatic carboxylic acids is 1. The summed E-state index contributed by atoms with van der Waals surface area (Å²) in [6.45, 7) is 4.46. The highest BCUT2D eigenvalue weighted by atomic mass is 16.6. The van der Waals surface area contributed by atoms with Crippen molar-refractivity contribution in [1.82, 2.24) is 0 Å². The summed E-state index contributed by atoms with van der Waals surface area (Å²) < 4.78 is 17.1. The first-order chi connectivity index (χ1) is 29.1. The summed E-state index contributed by atoms with van der Waals surface area (Å²) in [5.74, 6) is -1.81. The van der Waals surface area contributed by atoms with Crippen LogP contribution in [0, 0.1) is 0 Å². The number of rotatable bonds is 41. The van der Waals surface area contributed by atoms with Gasteiger partial charge in [0.05, 0.1) is 40.3 Å². The van der Waals surface area contributed by atoms with Crippen LogP contribution in [0.4, 0.5) is 0 Å². The normalized spacial score (nSPS) is 13.7. The molecule has 0 aliphatic heterocycles. The zero-order valence-corrected chi connectivity index (χ0v) is 38.8. The topological polar surface area (TPSA) is 102 Å². The summed E-state index contributed by atoms with van der Waals surface area (Å²) in [5.41, 5.74) is 0. The SMILES string of the molecule is CC/C=C/C=C/C=C/C=C/C=C/C=C/CCCCCC(=O)OC(COCCC(C(=O)[O-])[N+](C)(C)C)COC(=O)CCCCCCCCC/C=C/CCCCCCCCCC. The summed E-state index contributed by atoms with van der Waals surface area (Å²) >= 11 is 0. The van der Waals surface area contributed by atoms with Crippen molar-refractivity contribution in [2.75, 3.05) is 41.0 Å². The van der Waals surface area contributed by atoms with Crippen LogP contribution in [0.25, 0.3) is 0 Å². The molecule has 0 spiro atoms. The molecule has 0 aromatic rings. The number of likely N-dealkylation sites (N-methyl/N-ethyl adjacent to an activating group) is 1. The number of quaternary nitrogens is 1. The number of hydrogen-bond donors (Lipinski definition) is 0. The first-order valence-corrected chi connectivity index (χ1v) is 23.7. The average molecular weight is 838 g/mol. The summed E-state index contributed by atoms with van der Waals surface area (Å²) in [5, 5.41) is 11.6. The van der Waals surface area contributed by atoms with Crippen molar-refractivity contribution in [2.24, 2.45) is 0 Å². The Bertz CT molecular complexity index is 1250. The predicted octanol–water partition coefficient (Wildman–Crippen LogP) is 12.0. The van der Waals surface area contributed by atoms with Crippen LogP contribution in [0.15, 0.2) is 85.1 Å². The second kappa shape index (κ2) is 42.2. The summed E-state index contributed by atoms with van der Waals surface area (Å²) in [7, 11) is 5.38. The number of carboxylic acids is 1. The lowest BCUT2D eigenvalue weighted by molar-refractivity contribution is -0.889. The van der Waals surface area contributed by atoms with Gasteiger partial charge in [-0.1, -0.05) is 182 Å². The lowest BCUT2D eigenvalue weighted by atomic mass is 10.1. The fourth-order valence-corrected chi connectivity index (χ4v) is 6.51. The lowest BCUT2D eigenvalue weighted by Crippen LogP contribution is -2.55. The van der Waals surface area contributed by atoms with Gasteiger partial charge in [-0.15, -0.1) is 0 Å². The maximum absolute atomic E-state index is 12.7. The molecule has 0 radical (unpaired) electrons. The highest BCUT2D eigenvalue weighted by Gasteiger charge is 2.25. The van der Waals surface area contributed by atoms with Gasteiger partial charge < -0.3 is 28.6 Å². The minimum Gasteiger partial charge on any atom is -0.544 e. The Balaban J connectivity index is 4.40. The van der Waals surface area contributed by atoms with Gasteiger partial charge in [-0.2, -0.15) is 0 Å². The van der Waals surface area contributed by atoms with E-state index in [4.69, 9.17) is 14.2 Å². The number of carbonyl (C=O) groups is 3. The molecule has 0 fully saturated rings. The molecule has 0 aliphatic carbocycles. The van der Waals surface area contributed by atoms with Gasteiger partial charge in [-0.25, -0.2) is 0 Å². The molecule has 0 saturated carbocycles. The van der Waals surface area contributed by atoms with Gasteiger partial charge in [0.15, 0.2) is 6.10 Å². The third-order valence-corrected chi connectivity index (χ3v) is 10.2. The second-order valence-electron chi connectivity index (χ2n) is 16.8. The number of allylic oxidation sites excluding steroid dienone is 14. The fourth-order valence-electron chi connectivity index (χ4n) is 6.51. The first kappa shape index (κ1) is 56.5. The van der Waals surface area contributed by atoms with E-state index in [2.05, 4.69) is 38.2 Å². The van der Waals surface area contributed by atoms with Crippen molar-refractivity contribution in [1.29, 1.82) is 0 Å². The second-order valence-corrected chi connectivity index (χ2v) is 16.8. The van der Waals surface area contributed by atoms with Crippen molar-refractivity contribution in [2.45, 2.75) is 187 Å². The van der Waals surface area contributed by atoms with Crippen LogP contribution in [0.5, 0.6) is 0 Å². The molecular weight excluding hydrogens is 751 g/mol. The molecule has 0 aromatic heterocycles. The van der Waals surface area contributed by atoms with E-state index in [1.54, 1.807) is 21.1 Å². The Morgan fingerprint density at radius 2 is 0.950 bits per heavy atom.